The van der Waals surface area contributed by atoms with Crippen LogP contribution in [-0.2, 0) is 0 Å². The van der Waals surface area contributed by atoms with Gasteiger partial charge < -0.3 is 21.1 Å². The smallest absolute Gasteiger partial charge is 0.191 e. The number of nitrogen functional groups attached to an aromatic ring is 1. The second kappa shape index (κ2) is 7.34. The van der Waals surface area contributed by atoms with Crippen LogP contribution in [0.25, 0.3) is 5.70 Å². The van der Waals surface area contributed by atoms with Gasteiger partial charge >= 0.3 is 0 Å². The monoisotopic (exact) mass is 335 g/mol. The SMILES string of the molecule is CC(C)=CC(C)NC1=CC(Oc2ccc(N)cc2)Nc2ccccc21. The van der Waals surface area contributed by atoms with Gasteiger partial charge in [0.05, 0.1) is 0 Å². The number of nitrogens with two attached hydrogens (primary N) is 1. The van der Waals surface area contributed by atoms with Crippen LogP contribution in [0.2, 0.25) is 0 Å². The minimum Gasteiger partial charge on any atom is -0.467 e. The number of fused-ring (bicyclic) bond motifs is 1. The normalized spacial score (nSPS) is 16.8. The molecule has 0 spiro atoms. The highest BCUT2D eigenvalue weighted by molar-refractivity contribution is 5.79. The fraction of sp³-hybridized carbons (Fsp3) is 0.238. The van der Waals surface area contributed by atoms with Gasteiger partial charge in [-0.3, -0.25) is 0 Å². The van der Waals surface area contributed by atoms with Crippen molar-refractivity contribution in [2.24, 2.45) is 0 Å². The summed E-state index contributed by atoms with van der Waals surface area (Å²) >= 11 is 0. The van der Waals surface area contributed by atoms with Gasteiger partial charge in [0.2, 0.25) is 0 Å². The Morgan fingerprint density at radius 3 is 2.60 bits per heavy atom. The van der Waals surface area contributed by atoms with Gasteiger partial charge in [-0.25, -0.2) is 0 Å². The summed E-state index contributed by atoms with van der Waals surface area (Å²) in [5, 5.41) is 6.99. The van der Waals surface area contributed by atoms with Crippen LogP contribution in [0.4, 0.5) is 11.4 Å². The predicted octanol–water partition coefficient (Wildman–Crippen LogP) is 4.38. The lowest BCUT2D eigenvalue weighted by Gasteiger charge is -2.28. The highest BCUT2D eigenvalue weighted by atomic mass is 16.5. The van der Waals surface area contributed by atoms with Gasteiger partial charge in [-0.2, -0.15) is 0 Å². The molecule has 0 amide bonds. The van der Waals surface area contributed by atoms with Gasteiger partial charge in [0.15, 0.2) is 6.23 Å². The van der Waals surface area contributed by atoms with Crippen molar-refractivity contribution in [1.82, 2.24) is 5.32 Å². The average Bonchev–Trinajstić information content (AvgIpc) is 2.56. The molecular weight excluding hydrogens is 310 g/mol. The number of anilines is 2. The highest BCUT2D eigenvalue weighted by Gasteiger charge is 2.20. The summed E-state index contributed by atoms with van der Waals surface area (Å²) in [5.41, 5.74) is 11.0. The Hall–Kier alpha value is -2.88. The highest BCUT2D eigenvalue weighted by Crippen LogP contribution is 2.29. The number of nitrogens with one attached hydrogen (secondary N) is 2. The Kier molecular flexibility index (Phi) is 4.98. The maximum Gasteiger partial charge on any atom is 0.191 e. The summed E-state index contributed by atoms with van der Waals surface area (Å²) in [7, 11) is 0. The van der Waals surface area contributed by atoms with Crippen molar-refractivity contribution in [2.45, 2.75) is 33.0 Å². The van der Waals surface area contributed by atoms with E-state index in [1.54, 1.807) is 0 Å². The molecule has 0 fully saturated rings. The van der Waals surface area contributed by atoms with Crippen LogP contribution in [0.1, 0.15) is 26.3 Å². The standard InChI is InChI=1S/C21H25N3O/c1-14(2)12-15(3)23-20-13-21(24-19-7-5-4-6-18(19)20)25-17-10-8-16(22)9-11-17/h4-13,15,21,23-24H,22H2,1-3H3. The van der Waals surface area contributed by atoms with Crippen LogP contribution >= 0.6 is 0 Å². The van der Waals surface area contributed by atoms with E-state index in [9.17, 15) is 0 Å². The predicted molar refractivity (Wildman–Crippen MR) is 105 cm³/mol. The average molecular weight is 335 g/mol. The number of hydrogen-bond donors (Lipinski definition) is 3. The van der Waals surface area contributed by atoms with Crippen molar-refractivity contribution in [3.8, 4) is 5.75 Å². The number of ether oxygens (including phenoxy) is 1. The second-order valence-corrected chi connectivity index (χ2v) is 6.55. The molecule has 4 heteroatoms. The minimum atomic E-state index is -0.250. The molecule has 4 nitrogen and oxygen atoms in total. The van der Waals surface area contributed by atoms with Crippen molar-refractivity contribution < 1.29 is 4.74 Å². The van der Waals surface area contributed by atoms with Crippen LogP contribution in [0.5, 0.6) is 5.75 Å². The topological polar surface area (TPSA) is 59.3 Å². The molecule has 0 aliphatic carbocycles. The summed E-state index contributed by atoms with van der Waals surface area (Å²) in [6.07, 6.45) is 4.04. The number of hydrogen-bond acceptors (Lipinski definition) is 4. The molecule has 1 aliphatic heterocycles. The number of rotatable bonds is 5. The Morgan fingerprint density at radius 1 is 1.16 bits per heavy atom. The Balaban J connectivity index is 1.84. The molecule has 0 saturated heterocycles. The Morgan fingerprint density at radius 2 is 1.88 bits per heavy atom. The fourth-order valence-electron chi connectivity index (χ4n) is 2.95. The molecule has 130 valence electrons. The van der Waals surface area contributed by atoms with E-state index in [0.717, 1.165) is 28.4 Å². The van der Waals surface area contributed by atoms with Crippen LogP contribution in [0, 0.1) is 0 Å². The second-order valence-electron chi connectivity index (χ2n) is 6.55. The quantitative estimate of drug-likeness (QED) is 0.560. The van der Waals surface area contributed by atoms with Crippen molar-refractivity contribution in [1.29, 1.82) is 0 Å². The number of para-hydroxylation sites is 1. The van der Waals surface area contributed by atoms with Gasteiger partial charge in [-0.15, -0.1) is 0 Å². The molecule has 0 saturated carbocycles. The minimum absolute atomic E-state index is 0.236. The van der Waals surface area contributed by atoms with E-state index < -0.39 is 0 Å². The van der Waals surface area contributed by atoms with E-state index in [-0.39, 0.29) is 12.3 Å². The fourth-order valence-corrected chi connectivity index (χ4v) is 2.95. The zero-order valence-corrected chi connectivity index (χ0v) is 14.9. The number of benzene rings is 2. The van der Waals surface area contributed by atoms with Gasteiger partial charge in [0.1, 0.15) is 5.75 Å². The zero-order chi connectivity index (χ0) is 17.8. The maximum atomic E-state index is 6.06. The molecule has 3 rings (SSSR count). The molecule has 0 radical (unpaired) electrons. The van der Waals surface area contributed by atoms with Crippen molar-refractivity contribution in [3.05, 3.63) is 71.8 Å². The molecule has 4 N–H and O–H groups in total. The zero-order valence-electron chi connectivity index (χ0n) is 14.9. The Bertz CT molecular complexity index is 789. The number of allylic oxidation sites excluding steroid dienone is 1. The first-order valence-corrected chi connectivity index (χ1v) is 8.53. The molecule has 2 aromatic carbocycles. The van der Waals surface area contributed by atoms with Gasteiger partial charge in [-0.05, 0) is 51.1 Å². The first kappa shape index (κ1) is 17.0. The third kappa shape index (κ3) is 4.35. The molecule has 1 heterocycles. The molecule has 2 unspecified atom stereocenters. The third-order valence-corrected chi connectivity index (χ3v) is 3.94. The van der Waals surface area contributed by atoms with Crippen LogP contribution < -0.4 is 21.1 Å². The van der Waals surface area contributed by atoms with Crippen molar-refractivity contribution in [2.75, 3.05) is 11.1 Å². The first-order valence-electron chi connectivity index (χ1n) is 8.53. The van der Waals surface area contributed by atoms with Gasteiger partial charge in [0.25, 0.3) is 0 Å². The van der Waals surface area contributed by atoms with E-state index in [1.807, 2.05) is 36.4 Å². The molecule has 2 atom stereocenters. The van der Waals surface area contributed by atoms with Gasteiger partial charge in [-0.1, -0.05) is 29.8 Å². The van der Waals surface area contributed by atoms with E-state index in [1.165, 1.54) is 5.57 Å². The maximum absolute atomic E-state index is 6.06. The summed E-state index contributed by atoms with van der Waals surface area (Å²) in [6.45, 7) is 6.36. The lowest BCUT2D eigenvalue weighted by Crippen LogP contribution is -2.32. The van der Waals surface area contributed by atoms with Crippen LogP contribution in [0.15, 0.2) is 66.3 Å². The summed E-state index contributed by atoms with van der Waals surface area (Å²) in [6, 6.07) is 15.9. The van der Waals surface area contributed by atoms with E-state index >= 15 is 0 Å². The molecule has 2 aromatic rings. The molecule has 1 aliphatic rings. The summed E-state index contributed by atoms with van der Waals surface area (Å²) < 4.78 is 6.06. The van der Waals surface area contributed by atoms with E-state index in [0.29, 0.717) is 0 Å². The van der Waals surface area contributed by atoms with Crippen molar-refractivity contribution in [3.63, 3.8) is 0 Å². The molecule has 0 aromatic heterocycles. The lowest BCUT2D eigenvalue weighted by atomic mass is 10.0. The molecule has 25 heavy (non-hydrogen) atoms. The lowest BCUT2D eigenvalue weighted by molar-refractivity contribution is 0.276. The third-order valence-electron chi connectivity index (χ3n) is 3.94. The van der Waals surface area contributed by atoms with E-state index in [4.69, 9.17) is 10.5 Å². The van der Waals surface area contributed by atoms with Crippen LogP contribution in [0.3, 0.4) is 0 Å². The summed E-state index contributed by atoms with van der Waals surface area (Å²) in [4.78, 5) is 0. The largest absolute Gasteiger partial charge is 0.467 e. The molecule has 0 bridgehead atoms. The Labute approximate surface area is 149 Å². The van der Waals surface area contributed by atoms with Gasteiger partial charge in [0, 0.05) is 34.8 Å². The first-order chi connectivity index (χ1) is 12.0. The van der Waals surface area contributed by atoms with E-state index in [2.05, 4.69) is 55.7 Å². The van der Waals surface area contributed by atoms with Crippen molar-refractivity contribution >= 4 is 17.1 Å². The molecular formula is C21H25N3O. The van der Waals surface area contributed by atoms with Crippen LogP contribution in [-0.4, -0.2) is 12.3 Å². The summed E-state index contributed by atoms with van der Waals surface area (Å²) in [5.74, 6) is 0.777.